The average molecular weight is 305 g/mol. The lowest BCUT2D eigenvalue weighted by atomic mass is 9.68. The van der Waals surface area contributed by atoms with Gasteiger partial charge in [-0.25, -0.2) is 4.39 Å². The number of piperidine rings is 1. The Hall–Kier alpha value is -1.09. The molecule has 1 aromatic rings. The smallest absolute Gasteiger partial charge is 0.123 e. The van der Waals surface area contributed by atoms with Crippen LogP contribution in [0.3, 0.4) is 0 Å². The number of likely N-dealkylation sites (tertiary alicyclic amines) is 1. The molecule has 2 fully saturated rings. The normalized spacial score (nSPS) is 21.9. The highest BCUT2D eigenvalue weighted by Crippen LogP contribution is 2.44. The van der Waals surface area contributed by atoms with Crippen molar-refractivity contribution in [1.29, 1.82) is 0 Å². The van der Waals surface area contributed by atoms with Gasteiger partial charge in [-0.1, -0.05) is 19.3 Å². The van der Waals surface area contributed by atoms with E-state index < -0.39 is 0 Å². The van der Waals surface area contributed by atoms with Gasteiger partial charge < -0.3 is 9.64 Å². The van der Waals surface area contributed by atoms with Gasteiger partial charge in [0.1, 0.15) is 11.6 Å². The van der Waals surface area contributed by atoms with Gasteiger partial charge in [-0.3, -0.25) is 0 Å². The second-order valence-electron chi connectivity index (χ2n) is 7.06. The maximum Gasteiger partial charge on any atom is 0.123 e. The first-order valence-electron chi connectivity index (χ1n) is 8.87. The fourth-order valence-electron chi connectivity index (χ4n) is 4.06. The first-order valence-corrected chi connectivity index (χ1v) is 8.87. The van der Waals surface area contributed by atoms with Crippen molar-refractivity contribution in [2.24, 2.45) is 5.41 Å². The predicted octanol–water partition coefficient (Wildman–Crippen LogP) is 4.64. The summed E-state index contributed by atoms with van der Waals surface area (Å²) in [7, 11) is 0. The molecule has 0 N–H and O–H groups in total. The number of hydrogen-bond acceptors (Lipinski definition) is 2. The molecule has 122 valence electrons. The van der Waals surface area contributed by atoms with E-state index in [0.29, 0.717) is 12.0 Å². The van der Waals surface area contributed by atoms with E-state index in [0.717, 1.165) is 18.7 Å². The van der Waals surface area contributed by atoms with Gasteiger partial charge in [0.2, 0.25) is 0 Å². The number of rotatable bonds is 5. The van der Waals surface area contributed by atoms with Gasteiger partial charge >= 0.3 is 0 Å². The minimum absolute atomic E-state index is 0.211. The van der Waals surface area contributed by atoms with E-state index in [1.54, 1.807) is 12.1 Å². The molecule has 22 heavy (non-hydrogen) atoms. The highest BCUT2D eigenvalue weighted by atomic mass is 19.1. The third kappa shape index (κ3) is 4.22. The lowest BCUT2D eigenvalue weighted by Crippen LogP contribution is -2.41. The minimum atomic E-state index is -0.211. The van der Waals surface area contributed by atoms with Crippen LogP contribution in [0.4, 0.5) is 4.39 Å². The number of benzene rings is 1. The Labute approximate surface area is 133 Å². The van der Waals surface area contributed by atoms with E-state index in [1.807, 2.05) is 0 Å². The molecule has 1 spiro atoms. The second kappa shape index (κ2) is 7.45. The van der Waals surface area contributed by atoms with Gasteiger partial charge in [0.05, 0.1) is 6.61 Å². The van der Waals surface area contributed by atoms with Gasteiger partial charge in [-0.05, 0) is 74.9 Å². The molecule has 2 nitrogen and oxygen atoms in total. The highest BCUT2D eigenvalue weighted by molar-refractivity contribution is 5.21. The highest BCUT2D eigenvalue weighted by Gasteiger charge is 2.35. The summed E-state index contributed by atoms with van der Waals surface area (Å²) in [5, 5.41) is 0. The van der Waals surface area contributed by atoms with Crippen LogP contribution in [0.1, 0.15) is 51.4 Å². The van der Waals surface area contributed by atoms with Gasteiger partial charge in [-0.2, -0.15) is 0 Å². The summed E-state index contributed by atoms with van der Waals surface area (Å²) < 4.78 is 18.5. The molecular formula is C19H28FNO. The first-order chi connectivity index (χ1) is 10.8. The molecule has 1 heterocycles. The van der Waals surface area contributed by atoms with Gasteiger partial charge in [0.15, 0.2) is 0 Å². The zero-order valence-electron chi connectivity index (χ0n) is 13.5. The van der Waals surface area contributed by atoms with Crippen LogP contribution in [-0.4, -0.2) is 31.1 Å². The Morgan fingerprint density at radius 3 is 2.32 bits per heavy atom. The van der Waals surface area contributed by atoms with Crippen LogP contribution < -0.4 is 4.74 Å². The van der Waals surface area contributed by atoms with Crippen molar-refractivity contribution in [3.8, 4) is 5.75 Å². The molecule has 3 rings (SSSR count). The van der Waals surface area contributed by atoms with Crippen LogP contribution >= 0.6 is 0 Å². The SMILES string of the molecule is Fc1ccc(OCCCN2CCC3(CCCCC3)CC2)cc1. The van der Waals surface area contributed by atoms with Crippen molar-refractivity contribution in [3.63, 3.8) is 0 Å². The number of hydrogen-bond donors (Lipinski definition) is 0. The van der Waals surface area contributed by atoms with E-state index in [2.05, 4.69) is 4.90 Å². The maximum atomic E-state index is 12.8. The summed E-state index contributed by atoms with van der Waals surface area (Å²) in [5.74, 6) is 0.554. The van der Waals surface area contributed by atoms with E-state index in [1.165, 1.54) is 70.2 Å². The number of ether oxygens (including phenoxy) is 1. The summed E-state index contributed by atoms with van der Waals surface area (Å²) in [6.45, 7) is 4.36. The lowest BCUT2D eigenvalue weighted by molar-refractivity contribution is 0.0653. The van der Waals surface area contributed by atoms with Crippen LogP contribution in [0.2, 0.25) is 0 Å². The molecule has 3 heteroatoms. The Balaban J connectivity index is 1.32. The van der Waals surface area contributed by atoms with E-state index in [9.17, 15) is 4.39 Å². The van der Waals surface area contributed by atoms with Crippen molar-refractivity contribution in [3.05, 3.63) is 30.1 Å². The molecule has 0 aromatic heterocycles. The molecule has 0 bridgehead atoms. The zero-order chi connectivity index (χ0) is 15.3. The second-order valence-corrected chi connectivity index (χ2v) is 7.06. The minimum Gasteiger partial charge on any atom is -0.494 e. The summed E-state index contributed by atoms with van der Waals surface area (Å²) in [6.07, 6.45) is 11.1. The number of halogens is 1. The van der Waals surface area contributed by atoms with Crippen LogP contribution in [0.5, 0.6) is 5.75 Å². The topological polar surface area (TPSA) is 12.5 Å². The van der Waals surface area contributed by atoms with E-state index in [4.69, 9.17) is 4.74 Å². The molecule has 0 atom stereocenters. The van der Waals surface area contributed by atoms with Crippen molar-refractivity contribution < 1.29 is 9.13 Å². The first kappa shape index (κ1) is 15.8. The van der Waals surface area contributed by atoms with Crippen LogP contribution in [0, 0.1) is 11.2 Å². The monoisotopic (exact) mass is 305 g/mol. The largest absolute Gasteiger partial charge is 0.494 e. The van der Waals surface area contributed by atoms with Crippen molar-refractivity contribution >= 4 is 0 Å². The standard InChI is InChI=1S/C19H28FNO/c20-17-5-7-18(8-6-17)22-16-4-13-21-14-11-19(12-15-21)9-2-1-3-10-19/h5-8H,1-4,9-16H2. The molecule has 0 radical (unpaired) electrons. The van der Waals surface area contributed by atoms with Gasteiger partial charge in [0.25, 0.3) is 0 Å². The van der Waals surface area contributed by atoms with E-state index in [-0.39, 0.29) is 5.82 Å². The maximum absolute atomic E-state index is 12.8. The summed E-state index contributed by atoms with van der Waals surface area (Å²) in [6, 6.07) is 6.29. The van der Waals surface area contributed by atoms with E-state index >= 15 is 0 Å². The van der Waals surface area contributed by atoms with Crippen LogP contribution in [0.25, 0.3) is 0 Å². The molecule has 1 saturated carbocycles. The van der Waals surface area contributed by atoms with Gasteiger partial charge in [-0.15, -0.1) is 0 Å². The van der Waals surface area contributed by atoms with Gasteiger partial charge in [0, 0.05) is 6.54 Å². The molecule has 0 unspecified atom stereocenters. The molecule has 1 aliphatic carbocycles. The Bertz CT molecular complexity index is 443. The fourth-order valence-corrected chi connectivity index (χ4v) is 4.06. The third-order valence-electron chi connectivity index (χ3n) is 5.53. The lowest BCUT2D eigenvalue weighted by Gasteiger charge is -2.44. The predicted molar refractivity (Wildman–Crippen MR) is 87.7 cm³/mol. The van der Waals surface area contributed by atoms with Crippen molar-refractivity contribution in [1.82, 2.24) is 4.90 Å². The molecule has 0 amide bonds. The summed E-state index contributed by atoms with van der Waals surface area (Å²) in [5.41, 5.74) is 0.694. The van der Waals surface area contributed by atoms with Crippen LogP contribution in [-0.2, 0) is 0 Å². The molecule has 1 saturated heterocycles. The Morgan fingerprint density at radius 1 is 0.955 bits per heavy atom. The third-order valence-corrected chi connectivity index (χ3v) is 5.53. The quantitative estimate of drug-likeness (QED) is 0.735. The Kier molecular flexibility index (Phi) is 5.35. The molecule has 1 aromatic carbocycles. The van der Waals surface area contributed by atoms with Crippen molar-refractivity contribution in [2.45, 2.75) is 51.4 Å². The number of nitrogens with zero attached hydrogens (tertiary/aromatic N) is 1. The Morgan fingerprint density at radius 2 is 1.64 bits per heavy atom. The zero-order valence-corrected chi connectivity index (χ0v) is 13.5. The fraction of sp³-hybridized carbons (Fsp3) is 0.684. The molecular weight excluding hydrogens is 277 g/mol. The van der Waals surface area contributed by atoms with Crippen molar-refractivity contribution in [2.75, 3.05) is 26.2 Å². The van der Waals surface area contributed by atoms with Crippen LogP contribution in [0.15, 0.2) is 24.3 Å². The average Bonchev–Trinajstić information content (AvgIpc) is 2.56. The molecule has 2 aliphatic rings. The molecule has 1 aliphatic heterocycles. The summed E-state index contributed by atoms with van der Waals surface area (Å²) >= 11 is 0. The summed E-state index contributed by atoms with van der Waals surface area (Å²) in [4.78, 5) is 2.59.